The zero-order valence-corrected chi connectivity index (χ0v) is 12.5. The molecule has 1 unspecified atom stereocenters. The summed E-state index contributed by atoms with van der Waals surface area (Å²) < 4.78 is 0. The van der Waals surface area contributed by atoms with Gasteiger partial charge in [0.2, 0.25) is 0 Å². The second-order valence-electron chi connectivity index (χ2n) is 5.42. The van der Waals surface area contributed by atoms with Crippen LogP contribution in [0.5, 0.6) is 0 Å². The molecule has 0 radical (unpaired) electrons. The summed E-state index contributed by atoms with van der Waals surface area (Å²) in [5.74, 6) is 0. The Hall–Kier alpha value is -1.22. The van der Waals surface area contributed by atoms with Crippen molar-refractivity contribution < 1.29 is 0 Å². The Balaban J connectivity index is 2.07. The molecule has 0 aromatic heterocycles. The predicted molar refractivity (Wildman–Crippen MR) is 84.3 cm³/mol. The van der Waals surface area contributed by atoms with Crippen LogP contribution in [0.4, 0.5) is 11.4 Å². The number of nitrogens with one attached hydrogen (secondary N) is 1. The molecule has 1 heterocycles. The molecule has 1 aromatic carbocycles. The number of nitrogens with zero attached hydrogens (tertiary/aromatic N) is 2. The Labute approximate surface area is 117 Å². The fourth-order valence-corrected chi connectivity index (χ4v) is 2.71. The summed E-state index contributed by atoms with van der Waals surface area (Å²) in [5.41, 5.74) is 2.74. The molecule has 0 saturated carbocycles. The lowest BCUT2D eigenvalue weighted by atomic mass is 10.1. The van der Waals surface area contributed by atoms with E-state index in [0.29, 0.717) is 6.04 Å². The largest absolute Gasteiger partial charge is 0.371 e. The molecule has 0 spiro atoms. The van der Waals surface area contributed by atoms with Gasteiger partial charge in [0.1, 0.15) is 0 Å². The van der Waals surface area contributed by atoms with Crippen molar-refractivity contribution >= 4 is 11.4 Å². The highest BCUT2D eigenvalue weighted by Crippen LogP contribution is 2.31. The van der Waals surface area contributed by atoms with Gasteiger partial charge in [0.25, 0.3) is 0 Å². The lowest BCUT2D eigenvalue weighted by Gasteiger charge is -2.38. The Morgan fingerprint density at radius 1 is 1.16 bits per heavy atom. The molecule has 1 atom stereocenters. The maximum Gasteiger partial charge on any atom is 0.0605 e. The molecular formula is C16H27N3. The van der Waals surface area contributed by atoms with Crippen molar-refractivity contribution in [2.45, 2.75) is 32.7 Å². The fourth-order valence-electron chi connectivity index (χ4n) is 2.71. The van der Waals surface area contributed by atoms with E-state index in [0.717, 1.165) is 26.2 Å². The van der Waals surface area contributed by atoms with Crippen LogP contribution in [0, 0.1) is 0 Å². The van der Waals surface area contributed by atoms with E-state index in [1.54, 1.807) is 0 Å². The fraction of sp³-hybridized carbons (Fsp3) is 0.625. The molecule has 1 aromatic rings. The first-order chi connectivity index (χ1) is 9.26. The van der Waals surface area contributed by atoms with Crippen LogP contribution in [-0.2, 0) is 0 Å². The molecule has 1 aliphatic heterocycles. The summed E-state index contributed by atoms with van der Waals surface area (Å²) in [6, 6.07) is 9.34. The third-order valence-electron chi connectivity index (χ3n) is 3.96. The number of likely N-dealkylation sites (N-methyl/N-ethyl adjacent to an activating group) is 1. The van der Waals surface area contributed by atoms with E-state index in [9.17, 15) is 0 Å². The topological polar surface area (TPSA) is 18.5 Å². The molecule has 2 rings (SSSR count). The Kier molecular flexibility index (Phi) is 5.08. The average Bonchev–Trinajstić information content (AvgIpc) is 2.46. The van der Waals surface area contributed by atoms with Crippen LogP contribution in [0.1, 0.15) is 26.7 Å². The zero-order chi connectivity index (χ0) is 13.7. The van der Waals surface area contributed by atoms with E-state index >= 15 is 0 Å². The molecule has 3 heteroatoms. The minimum absolute atomic E-state index is 0.594. The quantitative estimate of drug-likeness (QED) is 0.849. The summed E-state index contributed by atoms with van der Waals surface area (Å²) in [4.78, 5) is 4.89. The number of anilines is 2. The normalized spacial score (nSPS) is 16.4. The molecule has 1 aliphatic rings. The molecular weight excluding hydrogens is 234 g/mol. The van der Waals surface area contributed by atoms with E-state index in [1.807, 2.05) is 0 Å². The van der Waals surface area contributed by atoms with Crippen molar-refractivity contribution in [2.75, 3.05) is 43.0 Å². The summed E-state index contributed by atoms with van der Waals surface area (Å²) in [6.45, 7) is 8.97. The van der Waals surface area contributed by atoms with E-state index in [4.69, 9.17) is 0 Å². The van der Waals surface area contributed by atoms with Gasteiger partial charge in [0, 0.05) is 32.7 Å². The van der Waals surface area contributed by atoms with E-state index in [-0.39, 0.29) is 0 Å². The van der Waals surface area contributed by atoms with Crippen LogP contribution < -0.4 is 15.1 Å². The number of benzene rings is 1. The Morgan fingerprint density at radius 2 is 1.89 bits per heavy atom. The van der Waals surface area contributed by atoms with Crippen molar-refractivity contribution in [3.8, 4) is 0 Å². The smallest absolute Gasteiger partial charge is 0.0605 e. The van der Waals surface area contributed by atoms with E-state index < -0.39 is 0 Å². The molecule has 0 bridgehead atoms. The number of hydrogen-bond donors (Lipinski definition) is 1. The average molecular weight is 261 g/mol. The lowest BCUT2D eigenvalue weighted by molar-refractivity contribution is 0.486. The number of fused-ring (bicyclic) bond motifs is 1. The number of hydrogen-bond acceptors (Lipinski definition) is 3. The van der Waals surface area contributed by atoms with Crippen molar-refractivity contribution in [2.24, 2.45) is 0 Å². The molecule has 106 valence electrons. The van der Waals surface area contributed by atoms with Gasteiger partial charge in [-0.3, -0.25) is 0 Å². The Morgan fingerprint density at radius 3 is 2.58 bits per heavy atom. The van der Waals surface area contributed by atoms with Gasteiger partial charge in [0.05, 0.1) is 11.4 Å². The van der Waals surface area contributed by atoms with Crippen molar-refractivity contribution in [1.29, 1.82) is 0 Å². The van der Waals surface area contributed by atoms with Gasteiger partial charge in [-0.2, -0.15) is 0 Å². The van der Waals surface area contributed by atoms with Crippen LogP contribution in [0.15, 0.2) is 24.3 Å². The first kappa shape index (κ1) is 14.2. The summed E-state index contributed by atoms with van der Waals surface area (Å²) in [7, 11) is 2.18. The molecule has 0 aliphatic carbocycles. The van der Waals surface area contributed by atoms with Crippen LogP contribution >= 0.6 is 0 Å². The third kappa shape index (κ3) is 3.41. The second kappa shape index (κ2) is 6.80. The predicted octanol–water partition coefficient (Wildman–Crippen LogP) is 2.72. The van der Waals surface area contributed by atoms with Gasteiger partial charge in [-0.15, -0.1) is 0 Å². The highest BCUT2D eigenvalue weighted by molar-refractivity contribution is 5.73. The van der Waals surface area contributed by atoms with Gasteiger partial charge < -0.3 is 15.1 Å². The van der Waals surface area contributed by atoms with Crippen LogP contribution in [0.2, 0.25) is 0 Å². The van der Waals surface area contributed by atoms with E-state index in [2.05, 4.69) is 60.3 Å². The first-order valence-corrected chi connectivity index (χ1v) is 7.54. The highest BCUT2D eigenvalue weighted by atomic mass is 15.3. The van der Waals surface area contributed by atoms with Gasteiger partial charge >= 0.3 is 0 Å². The van der Waals surface area contributed by atoms with Gasteiger partial charge in [-0.25, -0.2) is 0 Å². The summed E-state index contributed by atoms with van der Waals surface area (Å²) in [5, 5.41) is 3.65. The van der Waals surface area contributed by atoms with Gasteiger partial charge in [0.15, 0.2) is 0 Å². The standard InChI is InChI=1S/C16H27N3/c1-4-10-17-14(5-2)13-19-12-11-18(3)15-8-6-7-9-16(15)19/h6-9,14,17H,4-5,10-13H2,1-3H3. The minimum Gasteiger partial charge on any atom is -0.371 e. The Bertz CT molecular complexity index is 391. The highest BCUT2D eigenvalue weighted by Gasteiger charge is 2.21. The van der Waals surface area contributed by atoms with Gasteiger partial charge in [-0.1, -0.05) is 26.0 Å². The van der Waals surface area contributed by atoms with Crippen molar-refractivity contribution in [3.63, 3.8) is 0 Å². The molecule has 1 N–H and O–H groups in total. The lowest BCUT2D eigenvalue weighted by Crippen LogP contribution is -2.46. The van der Waals surface area contributed by atoms with Crippen LogP contribution in [0.25, 0.3) is 0 Å². The minimum atomic E-state index is 0.594. The van der Waals surface area contributed by atoms with Crippen molar-refractivity contribution in [1.82, 2.24) is 5.32 Å². The number of rotatable bonds is 6. The zero-order valence-electron chi connectivity index (χ0n) is 12.5. The first-order valence-electron chi connectivity index (χ1n) is 7.54. The SMILES string of the molecule is CCCNC(CC)CN1CCN(C)c2ccccc21. The molecule has 0 amide bonds. The maximum absolute atomic E-state index is 3.65. The van der Waals surface area contributed by atoms with Crippen molar-refractivity contribution in [3.05, 3.63) is 24.3 Å². The monoisotopic (exact) mass is 261 g/mol. The second-order valence-corrected chi connectivity index (χ2v) is 5.42. The summed E-state index contributed by atoms with van der Waals surface area (Å²) in [6.07, 6.45) is 2.39. The van der Waals surface area contributed by atoms with Crippen LogP contribution in [0.3, 0.4) is 0 Å². The van der Waals surface area contributed by atoms with Crippen LogP contribution in [-0.4, -0.2) is 39.3 Å². The molecule has 0 saturated heterocycles. The molecule has 0 fully saturated rings. The third-order valence-corrected chi connectivity index (χ3v) is 3.96. The van der Waals surface area contributed by atoms with E-state index in [1.165, 1.54) is 24.2 Å². The maximum atomic E-state index is 3.65. The molecule has 19 heavy (non-hydrogen) atoms. The van der Waals surface area contributed by atoms with Gasteiger partial charge in [-0.05, 0) is 31.5 Å². The number of para-hydroxylation sites is 2. The molecule has 3 nitrogen and oxygen atoms in total. The summed E-state index contributed by atoms with van der Waals surface area (Å²) >= 11 is 0.